The zero-order valence-corrected chi connectivity index (χ0v) is 8.77. The Morgan fingerprint density at radius 3 is 1.79 bits per heavy atom. The van der Waals surface area contributed by atoms with Gasteiger partial charge in [-0.25, -0.2) is 0 Å². The van der Waals surface area contributed by atoms with Crippen molar-refractivity contribution >= 4 is 0 Å². The van der Waals surface area contributed by atoms with Crippen LogP contribution in [-0.4, -0.2) is 23.4 Å². The van der Waals surface area contributed by atoms with Crippen LogP contribution < -0.4 is 0 Å². The second-order valence-electron chi connectivity index (χ2n) is 4.58. The van der Waals surface area contributed by atoms with Crippen LogP contribution in [0.5, 0.6) is 0 Å². The molecule has 2 aliphatic carbocycles. The first-order valence-electron chi connectivity index (χ1n) is 5.28. The fourth-order valence-corrected chi connectivity index (χ4v) is 3.11. The minimum Gasteiger partial charge on any atom is -0.396 e. The number of aliphatic hydroxyl groups is 2. The van der Waals surface area contributed by atoms with Crippen LogP contribution in [0.15, 0.2) is 23.3 Å². The monoisotopic (exact) mass is 194 g/mol. The molecule has 0 radical (unpaired) electrons. The maximum atomic E-state index is 9.32. The number of fused-ring (bicyclic) bond motifs is 2. The number of hydrogen-bond donors (Lipinski definition) is 2. The zero-order valence-electron chi connectivity index (χ0n) is 8.77. The number of allylic oxidation sites excluding steroid dienone is 4. The summed E-state index contributed by atoms with van der Waals surface area (Å²) in [4.78, 5) is 0. The normalized spacial score (nSPS) is 39.6. The van der Waals surface area contributed by atoms with E-state index in [-0.39, 0.29) is 25.0 Å². The maximum absolute atomic E-state index is 9.32. The summed E-state index contributed by atoms with van der Waals surface area (Å²) in [5, 5.41) is 18.6. The first-order valence-corrected chi connectivity index (χ1v) is 5.28. The average Bonchev–Trinajstić information content (AvgIpc) is 2.70. The molecule has 4 atom stereocenters. The highest BCUT2D eigenvalue weighted by Gasteiger charge is 2.47. The fraction of sp³-hybridized carbons (Fsp3) is 0.667. The molecule has 0 aromatic rings. The molecule has 0 saturated heterocycles. The number of hydrogen-bond acceptors (Lipinski definition) is 2. The van der Waals surface area contributed by atoms with Gasteiger partial charge < -0.3 is 10.2 Å². The third-order valence-electron chi connectivity index (χ3n) is 3.72. The van der Waals surface area contributed by atoms with Gasteiger partial charge in [-0.15, -0.1) is 0 Å². The van der Waals surface area contributed by atoms with Crippen LogP contribution in [0.2, 0.25) is 0 Å². The standard InChI is InChI=1S/C12H18O2/c1-7(2)12-8-3-4-9(12)11(6-14)10(8)5-13/h3-4,8-11,13-14H,5-6H2,1-2H3/t8-,9-,10-,11+/m1/s1. The lowest BCUT2D eigenvalue weighted by Crippen LogP contribution is -2.25. The van der Waals surface area contributed by atoms with Crippen molar-refractivity contribution in [2.45, 2.75) is 13.8 Å². The highest BCUT2D eigenvalue weighted by molar-refractivity contribution is 5.37. The summed E-state index contributed by atoms with van der Waals surface area (Å²) in [6.07, 6.45) is 4.39. The number of rotatable bonds is 2. The van der Waals surface area contributed by atoms with Crippen molar-refractivity contribution in [2.24, 2.45) is 23.7 Å². The molecular formula is C12H18O2. The van der Waals surface area contributed by atoms with Crippen LogP contribution in [0.3, 0.4) is 0 Å². The van der Waals surface area contributed by atoms with Gasteiger partial charge in [0.2, 0.25) is 0 Å². The molecule has 2 rings (SSSR count). The molecule has 2 heteroatoms. The lowest BCUT2D eigenvalue weighted by molar-refractivity contribution is 0.112. The molecular weight excluding hydrogens is 176 g/mol. The van der Waals surface area contributed by atoms with Crippen molar-refractivity contribution in [3.63, 3.8) is 0 Å². The first-order chi connectivity index (χ1) is 6.70. The van der Waals surface area contributed by atoms with E-state index in [9.17, 15) is 10.2 Å². The quantitative estimate of drug-likeness (QED) is 0.651. The molecule has 78 valence electrons. The van der Waals surface area contributed by atoms with E-state index < -0.39 is 0 Å². The van der Waals surface area contributed by atoms with Crippen molar-refractivity contribution < 1.29 is 10.2 Å². The molecule has 2 nitrogen and oxygen atoms in total. The van der Waals surface area contributed by atoms with Crippen LogP contribution in [0.4, 0.5) is 0 Å². The third kappa shape index (κ3) is 1.17. The van der Waals surface area contributed by atoms with Gasteiger partial charge in [-0.3, -0.25) is 0 Å². The summed E-state index contributed by atoms with van der Waals surface area (Å²) in [6, 6.07) is 0. The summed E-state index contributed by atoms with van der Waals surface area (Å²) < 4.78 is 0. The van der Waals surface area contributed by atoms with Crippen molar-refractivity contribution in [1.29, 1.82) is 0 Å². The van der Waals surface area contributed by atoms with E-state index in [1.807, 2.05) is 0 Å². The van der Waals surface area contributed by atoms with Gasteiger partial charge in [-0.05, 0) is 25.7 Å². The Bertz CT molecular complexity index is 265. The molecule has 2 bridgehead atoms. The van der Waals surface area contributed by atoms with Gasteiger partial charge in [-0.1, -0.05) is 23.3 Å². The van der Waals surface area contributed by atoms with E-state index in [0.29, 0.717) is 11.8 Å². The van der Waals surface area contributed by atoms with Gasteiger partial charge >= 0.3 is 0 Å². The molecule has 0 spiro atoms. The van der Waals surface area contributed by atoms with Crippen molar-refractivity contribution in [1.82, 2.24) is 0 Å². The lowest BCUT2D eigenvalue weighted by Gasteiger charge is -2.23. The Kier molecular flexibility index (Phi) is 2.50. The molecule has 1 saturated carbocycles. The smallest absolute Gasteiger partial charge is 0.0471 e. The van der Waals surface area contributed by atoms with Crippen LogP contribution in [0, 0.1) is 23.7 Å². The van der Waals surface area contributed by atoms with Gasteiger partial charge in [-0.2, -0.15) is 0 Å². The van der Waals surface area contributed by atoms with Gasteiger partial charge in [0, 0.05) is 25.0 Å². The summed E-state index contributed by atoms with van der Waals surface area (Å²) in [6.45, 7) is 4.62. The van der Waals surface area contributed by atoms with E-state index in [1.54, 1.807) is 0 Å². The van der Waals surface area contributed by atoms with Crippen molar-refractivity contribution in [2.75, 3.05) is 13.2 Å². The molecule has 0 aromatic heterocycles. The largest absolute Gasteiger partial charge is 0.396 e. The van der Waals surface area contributed by atoms with Gasteiger partial charge in [0.15, 0.2) is 0 Å². The second-order valence-corrected chi connectivity index (χ2v) is 4.58. The topological polar surface area (TPSA) is 40.5 Å². The predicted molar refractivity (Wildman–Crippen MR) is 55.6 cm³/mol. The summed E-state index contributed by atoms with van der Waals surface area (Å²) in [7, 11) is 0. The van der Waals surface area contributed by atoms with Crippen LogP contribution in [-0.2, 0) is 0 Å². The molecule has 2 aliphatic rings. The SMILES string of the molecule is CC(C)=C1[C@@H]2C=C[C@@H]1[C@@H](CO)[C@H]2CO. The summed E-state index contributed by atoms with van der Waals surface area (Å²) >= 11 is 0. The Hall–Kier alpha value is -0.600. The fourth-order valence-electron chi connectivity index (χ4n) is 3.11. The molecule has 0 amide bonds. The van der Waals surface area contributed by atoms with Gasteiger partial charge in [0.05, 0.1) is 0 Å². The van der Waals surface area contributed by atoms with E-state index in [4.69, 9.17) is 0 Å². The minimum atomic E-state index is 0.188. The van der Waals surface area contributed by atoms with Crippen molar-refractivity contribution in [3.05, 3.63) is 23.3 Å². The second kappa shape index (κ2) is 3.52. The van der Waals surface area contributed by atoms with Crippen LogP contribution >= 0.6 is 0 Å². The predicted octanol–water partition coefficient (Wildman–Crippen LogP) is 1.36. The maximum Gasteiger partial charge on any atom is 0.0471 e. The van der Waals surface area contributed by atoms with E-state index in [0.717, 1.165) is 0 Å². The molecule has 1 fully saturated rings. The molecule has 0 aliphatic heterocycles. The van der Waals surface area contributed by atoms with Crippen LogP contribution in [0.25, 0.3) is 0 Å². The Morgan fingerprint density at radius 1 is 1.07 bits per heavy atom. The van der Waals surface area contributed by atoms with Gasteiger partial charge in [0.25, 0.3) is 0 Å². The van der Waals surface area contributed by atoms with E-state index >= 15 is 0 Å². The molecule has 2 N–H and O–H groups in total. The lowest BCUT2D eigenvalue weighted by atomic mass is 9.84. The summed E-state index contributed by atoms with van der Waals surface area (Å²) in [5.74, 6) is 1.24. The highest BCUT2D eigenvalue weighted by Crippen LogP contribution is 2.52. The van der Waals surface area contributed by atoms with Gasteiger partial charge in [0.1, 0.15) is 0 Å². The summed E-state index contributed by atoms with van der Waals surface area (Å²) in [5.41, 5.74) is 2.78. The highest BCUT2D eigenvalue weighted by atomic mass is 16.3. The number of aliphatic hydroxyl groups excluding tert-OH is 2. The zero-order chi connectivity index (χ0) is 10.3. The molecule has 0 aromatic carbocycles. The van der Waals surface area contributed by atoms with E-state index in [2.05, 4.69) is 26.0 Å². The van der Waals surface area contributed by atoms with E-state index in [1.165, 1.54) is 11.1 Å². The van der Waals surface area contributed by atoms with Crippen LogP contribution in [0.1, 0.15) is 13.8 Å². The first kappa shape index (κ1) is 9.94. The third-order valence-corrected chi connectivity index (χ3v) is 3.72. The average molecular weight is 194 g/mol. The molecule has 14 heavy (non-hydrogen) atoms. The molecule has 0 heterocycles. The Morgan fingerprint density at radius 2 is 1.50 bits per heavy atom. The molecule has 0 unspecified atom stereocenters. The van der Waals surface area contributed by atoms with Crippen molar-refractivity contribution in [3.8, 4) is 0 Å². The Balaban J connectivity index is 2.36. The minimum absolute atomic E-state index is 0.188. The Labute approximate surface area is 85.0 Å².